The number of unbranched alkanes of at least 4 members (excludes halogenated alkanes) is 31. The summed E-state index contributed by atoms with van der Waals surface area (Å²) in [5.41, 5.74) is 0. The number of esters is 2. The van der Waals surface area contributed by atoms with Gasteiger partial charge in [0.2, 0.25) is 0 Å². The largest absolute Gasteiger partial charge is 0.462 e. The van der Waals surface area contributed by atoms with Gasteiger partial charge in [-0.3, -0.25) is 9.59 Å². The molecule has 5 nitrogen and oxygen atoms in total. The van der Waals surface area contributed by atoms with Crippen LogP contribution in [0.4, 0.5) is 0 Å². The van der Waals surface area contributed by atoms with Crippen molar-refractivity contribution in [2.45, 2.75) is 297 Å². The highest BCUT2D eigenvalue weighted by Crippen LogP contribution is 2.16. The summed E-state index contributed by atoms with van der Waals surface area (Å²) in [5, 5.41) is 0. The molecule has 0 aliphatic heterocycles. The van der Waals surface area contributed by atoms with Crippen molar-refractivity contribution < 1.29 is 23.8 Å². The van der Waals surface area contributed by atoms with E-state index in [2.05, 4.69) is 93.7 Å². The van der Waals surface area contributed by atoms with Gasteiger partial charge in [-0.25, -0.2) is 0 Å². The number of carbonyl (C=O) groups excluding carboxylic acids is 2. The predicted octanol–water partition coefficient (Wildman–Crippen LogP) is 20.2. The smallest absolute Gasteiger partial charge is 0.306 e. The minimum absolute atomic E-state index is 0.0717. The molecular weight excluding hydrogens is 837 g/mol. The summed E-state index contributed by atoms with van der Waals surface area (Å²) in [6, 6.07) is 0. The highest BCUT2D eigenvalue weighted by Gasteiger charge is 2.17. The molecule has 0 amide bonds. The molecule has 0 spiro atoms. The number of ether oxygens (including phenoxy) is 3. The van der Waals surface area contributed by atoms with Crippen LogP contribution in [0.25, 0.3) is 0 Å². The summed E-state index contributed by atoms with van der Waals surface area (Å²) in [4.78, 5) is 25.5. The summed E-state index contributed by atoms with van der Waals surface area (Å²) in [5.74, 6) is -0.419. The number of allylic oxidation sites excluding steroid dienone is 12. The molecule has 0 bridgehead atoms. The molecule has 394 valence electrons. The Morgan fingerprint density at radius 2 is 0.662 bits per heavy atom. The van der Waals surface area contributed by atoms with E-state index >= 15 is 0 Å². The maximum Gasteiger partial charge on any atom is 0.306 e. The molecule has 0 N–H and O–H groups in total. The first-order valence-corrected chi connectivity index (χ1v) is 29.5. The van der Waals surface area contributed by atoms with Gasteiger partial charge >= 0.3 is 11.9 Å². The van der Waals surface area contributed by atoms with Gasteiger partial charge in [0, 0.05) is 19.4 Å². The number of carbonyl (C=O) groups is 2. The van der Waals surface area contributed by atoms with Crippen molar-refractivity contribution in [1.29, 1.82) is 0 Å². The maximum atomic E-state index is 12.9. The van der Waals surface area contributed by atoms with Crippen LogP contribution in [0.1, 0.15) is 290 Å². The molecule has 0 rings (SSSR count). The second-order valence-corrected chi connectivity index (χ2v) is 19.5. The van der Waals surface area contributed by atoms with E-state index in [1.165, 1.54) is 167 Å². The van der Waals surface area contributed by atoms with Gasteiger partial charge in [0.1, 0.15) is 6.61 Å². The molecule has 0 aromatic heterocycles. The average Bonchev–Trinajstić information content (AvgIpc) is 3.34. The van der Waals surface area contributed by atoms with E-state index in [0.717, 1.165) is 89.9 Å². The third-order valence-corrected chi connectivity index (χ3v) is 12.7. The van der Waals surface area contributed by atoms with Gasteiger partial charge in [0.05, 0.1) is 6.61 Å². The molecule has 0 fully saturated rings. The third kappa shape index (κ3) is 55.9. The first-order chi connectivity index (χ1) is 33.6. The van der Waals surface area contributed by atoms with Crippen LogP contribution in [-0.2, 0) is 23.8 Å². The first kappa shape index (κ1) is 65.3. The van der Waals surface area contributed by atoms with Gasteiger partial charge < -0.3 is 14.2 Å². The molecule has 1 atom stereocenters. The minimum Gasteiger partial charge on any atom is -0.462 e. The van der Waals surface area contributed by atoms with Gasteiger partial charge in [-0.05, 0) is 89.9 Å². The van der Waals surface area contributed by atoms with Gasteiger partial charge in [0.15, 0.2) is 6.10 Å². The maximum absolute atomic E-state index is 12.9. The Morgan fingerprint density at radius 3 is 1.09 bits per heavy atom. The molecular formula is C63H112O5. The Morgan fingerprint density at radius 1 is 0.338 bits per heavy atom. The van der Waals surface area contributed by atoms with E-state index in [1.807, 2.05) is 0 Å². The molecule has 0 aliphatic rings. The zero-order valence-electron chi connectivity index (χ0n) is 45.4. The average molecular weight is 950 g/mol. The number of hydrogen-bond donors (Lipinski definition) is 0. The molecule has 68 heavy (non-hydrogen) atoms. The second-order valence-electron chi connectivity index (χ2n) is 19.5. The Labute approximate surface area is 423 Å². The van der Waals surface area contributed by atoms with Crippen molar-refractivity contribution in [2.24, 2.45) is 0 Å². The standard InChI is InChI=1S/C63H112O5/c1-4-7-10-13-16-19-22-25-28-31-32-34-35-38-41-44-47-50-53-56-62(64)67-60-61(59-66-58-55-52-49-46-43-40-37-30-27-24-21-18-15-12-9-6-3)68-63(65)57-54-51-48-45-42-39-36-33-29-26-23-20-17-14-11-8-5-2/h8,11,17-18,20-21,26-27,29-30,36,39,61H,4-7,9-10,12-16,19,22-25,28,31-35,37-38,40-60H2,1-3H3/b11-8-,20-17-,21-18-,29-26-,30-27-,39-36-. The van der Waals surface area contributed by atoms with Crippen LogP contribution in [0.3, 0.4) is 0 Å². The monoisotopic (exact) mass is 949 g/mol. The van der Waals surface area contributed by atoms with Crippen molar-refractivity contribution in [1.82, 2.24) is 0 Å². The van der Waals surface area contributed by atoms with Gasteiger partial charge in [-0.1, -0.05) is 261 Å². The molecule has 0 saturated carbocycles. The third-order valence-electron chi connectivity index (χ3n) is 12.7. The highest BCUT2D eigenvalue weighted by molar-refractivity contribution is 5.70. The molecule has 0 heterocycles. The fourth-order valence-electron chi connectivity index (χ4n) is 8.36. The van der Waals surface area contributed by atoms with E-state index in [4.69, 9.17) is 14.2 Å². The summed E-state index contributed by atoms with van der Waals surface area (Å²) in [6.45, 7) is 7.68. The fraction of sp³-hybridized carbons (Fsp3) is 0.778. The van der Waals surface area contributed by atoms with E-state index in [-0.39, 0.29) is 25.2 Å². The number of rotatable bonds is 54. The van der Waals surface area contributed by atoms with E-state index in [1.54, 1.807) is 0 Å². The molecule has 0 aromatic rings. The molecule has 0 aliphatic carbocycles. The number of hydrogen-bond acceptors (Lipinski definition) is 5. The zero-order valence-corrected chi connectivity index (χ0v) is 45.4. The zero-order chi connectivity index (χ0) is 49.2. The van der Waals surface area contributed by atoms with Crippen LogP contribution in [0.15, 0.2) is 72.9 Å². The Hall–Kier alpha value is -2.66. The first-order valence-electron chi connectivity index (χ1n) is 29.5. The van der Waals surface area contributed by atoms with Crippen LogP contribution >= 0.6 is 0 Å². The van der Waals surface area contributed by atoms with Crippen molar-refractivity contribution in [3.8, 4) is 0 Å². The summed E-state index contributed by atoms with van der Waals surface area (Å²) in [6.07, 6.45) is 76.4. The Balaban J connectivity index is 4.30. The lowest BCUT2D eigenvalue weighted by Gasteiger charge is -2.18. The summed E-state index contributed by atoms with van der Waals surface area (Å²) in [7, 11) is 0. The predicted molar refractivity (Wildman–Crippen MR) is 297 cm³/mol. The SMILES string of the molecule is CC/C=C\C/C=C\C/C=C\C/C=C\CCCCCCC(=O)OC(COCCCCCCCC/C=C\C/C=C\CCCCC)COC(=O)CCCCCCCCCCCCCCCCCCCCC. The minimum atomic E-state index is -0.556. The second kappa shape index (κ2) is 58.7. The van der Waals surface area contributed by atoms with Crippen LogP contribution in [0.2, 0.25) is 0 Å². The van der Waals surface area contributed by atoms with Crippen LogP contribution in [0.5, 0.6) is 0 Å². The lowest BCUT2D eigenvalue weighted by molar-refractivity contribution is -0.163. The van der Waals surface area contributed by atoms with Crippen molar-refractivity contribution in [3.63, 3.8) is 0 Å². The fourth-order valence-corrected chi connectivity index (χ4v) is 8.36. The Bertz CT molecular complexity index is 1210. The quantitative estimate of drug-likeness (QED) is 0.0345. The van der Waals surface area contributed by atoms with Crippen molar-refractivity contribution in [2.75, 3.05) is 19.8 Å². The molecule has 0 radical (unpaired) electrons. The molecule has 0 saturated heterocycles. The van der Waals surface area contributed by atoms with Crippen LogP contribution in [-0.4, -0.2) is 37.9 Å². The topological polar surface area (TPSA) is 61.8 Å². The summed E-state index contributed by atoms with van der Waals surface area (Å²) >= 11 is 0. The van der Waals surface area contributed by atoms with Crippen molar-refractivity contribution in [3.05, 3.63) is 72.9 Å². The normalized spacial score (nSPS) is 12.7. The lowest BCUT2D eigenvalue weighted by atomic mass is 10.0. The van der Waals surface area contributed by atoms with Crippen molar-refractivity contribution >= 4 is 11.9 Å². The van der Waals surface area contributed by atoms with E-state index in [9.17, 15) is 9.59 Å². The Kier molecular flexibility index (Phi) is 56.4. The summed E-state index contributed by atoms with van der Waals surface area (Å²) < 4.78 is 17.5. The molecule has 5 heteroatoms. The van der Waals surface area contributed by atoms with Crippen LogP contribution < -0.4 is 0 Å². The van der Waals surface area contributed by atoms with E-state index < -0.39 is 6.10 Å². The van der Waals surface area contributed by atoms with Gasteiger partial charge in [-0.15, -0.1) is 0 Å². The van der Waals surface area contributed by atoms with Gasteiger partial charge in [0.25, 0.3) is 0 Å². The van der Waals surface area contributed by atoms with Gasteiger partial charge in [-0.2, -0.15) is 0 Å². The van der Waals surface area contributed by atoms with Crippen LogP contribution in [0, 0.1) is 0 Å². The lowest BCUT2D eigenvalue weighted by Crippen LogP contribution is -2.30. The van der Waals surface area contributed by atoms with E-state index in [0.29, 0.717) is 19.4 Å². The molecule has 0 aromatic carbocycles. The molecule has 1 unspecified atom stereocenters. The highest BCUT2D eigenvalue weighted by atomic mass is 16.6.